The second-order valence-electron chi connectivity index (χ2n) is 7.52. The molecule has 0 fully saturated rings. The number of rotatable bonds is 6. The number of carbonyl (C=O) groups is 1. The smallest absolute Gasteiger partial charge is 0.242 e. The highest BCUT2D eigenvalue weighted by Gasteiger charge is 2.40. The third-order valence-corrected chi connectivity index (χ3v) is 5.54. The summed E-state index contributed by atoms with van der Waals surface area (Å²) in [6, 6.07) is 11.1. The summed E-state index contributed by atoms with van der Waals surface area (Å²) < 4.78 is 25.6. The van der Waals surface area contributed by atoms with E-state index in [0.29, 0.717) is 5.56 Å². The molecule has 1 amide bonds. The van der Waals surface area contributed by atoms with Gasteiger partial charge in [-0.3, -0.25) is 4.79 Å². The van der Waals surface area contributed by atoms with E-state index in [1.165, 1.54) is 4.90 Å². The average molecular weight is 386 g/mol. The van der Waals surface area contributed by atoms with Crippen LogP contribution in [0.25, 0.3) is 0 Å². The van der Waals surface area contributed by atoms with Crippen LogP contribution >= 0.6 is 0 Å². The largest absolute Gasteiger partial charge is 0.386 e. The molecule has 0 aliphatic heterocycles. The third kappa shape index (κ3) is 4.08. The number of amides is 1. The van der Waals surface area contributed by atoms with Crippen LogP contribution in [0, 0.1) is 20.8 Å². The first-order valence-corrected chi connectivity index (χ1v) is 9.17. The van der Waals surface area contributed by atoms with Crippen LogP contribution in [-0.4, -0.2) is 24.3 Å². The lowest BCUT2D eigenvalue weighted by atomic mass is 9.73. The SMILES string of the molecule is C=C(N)N(C)C(=O)C(C)(c1ccc(C)c(C)c1)c1ccc(CC(F)F)c(C)c1. The zero-order chi connectivity index (χ0) is 21.2. The number of halogens is 2. The maximum absolute atomic E-state index is 13.4. The Balaban J connectivity index is 2.68. The first kappa shape index (κ1) is 21.6. The van der Waals surface area contributed by atoms with Crippen molar-refractivity contribution in [3.05, 3.63) is 82.2 Å². The van der Waals surface area contributed by atoms with E-state index in [2.05, 4.69) is 6.58 Å². The minimum absolute atomic E-state index is 0.145. The van der Waals surface area contributed by atoms with Crippen molar-refractivity contribution >= 4 is 5.91 Å². The van der Waals surface area contributed by atoms with Gasteiger partial charge in [-0.25, -0.2) is 8.78 Å². The van der Waals surface area contributed by atoms with Gasteiger partial charge < -0.3 is 10.6 Å². The Bertz CT molecular complexity index is 907. The summed E-state index contributed by atoms with van der Waals surface area (Å²) in [6.45, 7) is 11.3. The molecule has 2 N–H and O–H groups in total. The number of alkyl halides is 2. The van der Waals surface area contributed by atoms with Gasteiger partial charge in [0.15, 0.2) is 0 Å². The van der Waals surface area contributed by atoms with Gasteiger partial charge in [-0.05, 0) is 61.1 Å². The van der Waals surface area contributed by atoms with Crippen LogP contribution in [0.15, 0.2) is 48.8 Å². The van der Waals surface area contributed by atoms with Crippen LogP contribution < -0.4 is 5.73 Å². The summed E-state index contributed by atoms with van der Waals surface area (Å²) in [6.07, 6.45) is -2.72. The van der Waals surface area contributed by atoms with E-state index in [-0.39, 0.29) is 18.1 Å². The summed E-state index contributed by atoms with van der Waals surface area (Å²) in [7, 11) is 1.59. The Morgan fingerprint density at radius 3 is 2.07 bits per heavy atom. The van der Waals surface area contributed by atoms with Gasteiger partial charge in [0.2, 0.25) is 12.3 Å². The molecular weight excluding hydrogens is 358 g/mol. The van der Waals surface area contributed by atoms with E-state index in [0.717, 1.165) is 27.8 Å². The predicted octanol–water partition coefficient (Wildman–Crippen LogP) is 4.61. The van der Waals surface area contributed by atoms with Crippen LogP contribution in [0.2, 0.25) is 0 Å². The Morgan fingerprint density at radius 2 is 1.61 bits per heavy atom. The molecule has 150 valence electrons. The lowest BCUT2D eigenvalue weighted by Gasteiger charge is -2.34. The lowest BCUT2D eigenvalue weighted by Crippen LogP contribution is -2.45. The summed E-state index contributed by atoms with van der Waals surface area (Å²) in [5.74, 6) is -0.0876. The molecule has 5 heteroatoms. The average Bonchev–Trinajstić information content (AvgIpc) is 2.63. The molecule has 0 saturated carbocycles. The first-order valence-electron chi connectivity index (χ1n) is 9.17. The molecule has 0 saturated heterocycles. The molecule has 0 bridgehead atoms. The zero-order valence-electron chi connectivity index (χ0n) is 17.1. The molecule has 0 aliphatic rings. The van der Waals surface area contributed by atoms with Gasteiger partial charge in [0.25, 0.3) is 0 Å². The molecule has 0 radical (unpaired) electrons. The first-order chi connectivity index (χ1) is 13.0. The fourth-order valence-corrected chi connectivity index (χ4v) is 3.33. The number of hydrogen-bond donors (Lipinski definition) is 1. The molecule has 2 aromatic carbocycles. The van der Waals surface area contributed by atoms with Gasteiger partial charge in [-0.15, -0.1) is 0 Å². The van der Waals surface area contributed by atoms with E-state index in [1.807, 2.05) is 45.0 Å². The normalized spacial score (nSPS) is 13.3. The van der Waals surface area contributed by atoms with E-state index in [1.54, 1.807) is 26.1 Å². The van der Waals surface area contributed by atoms with Gasteiger partial charge in [0, 0.05) is 13.5 Å². The van der Waals surface area contributed by atoms with Gasteiger partial charge in [0.05, 0.1) is 11.2 Å². The second-order valence-corrected chi connectivity index (χ2v) is 7.52. The monoisotopic (exact) mass is 386 g/mol. The summed E-state index contributed by atoms with van der Waals surface area (Å²) in [5.41, 5.74) is 9.78. The molecule has 0 heterocycles. The lowest BCUT2D eigenvalue weighted by molar-refractivity contribution is -0.132. The third-order valence-electron chi connectivity index (χ3n) is 5.54. The quantitative estimate of drug-likeness (QED) is 0.788. The summed E-state index contributed by atoms with van der Waals surface area (Å²) in [4.78, 5) is 14.8. The van der Waals surface area contributed by atoms with Crippen LogP contribution in [-0.2, 0) is 16.6 Å². The topological polar surface area (TPSA) is 46.3 Å². The molecule has 0 spiro atoms. The van der Waals surface area contributed by atoms with Crippen molar-refractivity contribution in [3.8, 4) is 0 Å². The minimum Gasteiger partial charge on any atom is -0.386 e. The number of nitrogens with two attached hydrogens (primary N) is 1. The maximum Gasteiger partial charge on any atom is 0.242 e. The van der Waals surface area contributed by atoms with Crippen molar-refractivity contribution in [1.29, 1.82) is 0 Å². The van der Waals surface area contributed by atoms with Crippen molar-refractivity contribution in [2.75, 3.05) is 7.05 Å². The maximum atomic E-state index is 13.4. The van der Waals surface area contributed by atoms with E-state index in [9.17, 15) is 13.6 Å². The van der Waals surface area contributed by atoms with Gasteiger partial charge in [-0.2, -0.15) is 0 Å². The van der Waals surface area contributed by atoms with Crippen molar-refractivity contribution in [2.24, 2.45) is 5.73 Å². The van der Waals surface area contributed by atoms with Crippen LogP contribution in [0.3, 0.4) is 0 Å². The van der Waals surface area contributed by atoms with Gasteiger partial charge in [0.1, 0.15) is 0 Å². The van der Waals surface area contributed by atoms with E-state index < -0.39 is 11.8 Å². The minimum atomic E-state index is -2.41. The van der Waals surface area contributed by atoms with Crippen LogP contribution in [0.5, 0.6) is 0 Å². The number of nitrogens with zero attached hydrogens (tertiary/aromatic N) is 1. The summed E-state index contributed by atoms with van der Waals surface area (Å²) in [5, 5.41) is 0. The van der Waals surface area contributed by atoms with Crippen molar-refractivity contribution in [3.63, 3.8) is 0 Å². The Kier molecular flexibility index (Phi) is 6.27. The fourth-order valence-electron chi connectivity index (χ4n) is 3.33. The number of carbonyl (C=O) groups excluding carboxylic acids is 1. The van der Waals surface area contributed by atoms with E-state index >= 15 is 0 Å². The number of likely N-dealkylation sites (N-methyl/N-ethyl adjacent to an activating group) is 1. The van der Waals surface area contributed by atoms with Crippen molar-refractivity contribution in [1.82, 2.24) is 4.90 Å². The molecule has 3 nitrogen and oxygen atoms in total. The van der Waals surface area contributed by atoms with Gasteiger partial charge >= 0.3 is 0 Å². The number of aryl methyl sites for hydroxylation is 3. The highest BCUT2D eigenvalue weighted by atomic mass is 19.3. The molecule has 2 aromatic rings. The fraction of sp³-hybridized carbons (Fsp3) is 0.348. The second kappa shape index (κ2) is 8.13. The molecule has 1 unspecified atom stereocenters. The molecule has 0 aliphatic carbocycles. The predicted molar refractivity (Wildman–Crippen MR) is 109 cm³/mol. The Labute approximate surface area is 165 Å². The molecule has 28 heavy (non-hydrogen) atoms. The molecule has 1 atom stereocenters. The van der Waals surface area contributed by atoms with Gasteiger partial charge in [-0.1, -0.05) is 43.0 Å². The van der Waals surface area contributed by atoms with Crippen molar-refractivity contribution in [2.45, 2.75) is 46.0 Å². The standard InChI is InChI=1S/C23H28F2N2O/c1-14-7-9-19(11-15(14)2)23(5,22(28)27(6)17(4)26)20-10-8-18(13-21(24)25)16(3)12-20/h7-12,21H,4,13,26H2,1-3,5-6H3. The summed E-state index contributed by atoms with van der Waals surface area (Å²) >= 11 is 0. The van der Waals surface area contributed by atoms with Crippen LogP contribution in [0.1, 0.15) is 40.3 Å². The molecule has 2 rings (SSSR count). The van der Waals surface area contributed by atoms with Crippen LogP contribution in [0.4, 0.5) is 8.78 Å². The Morgan fingerprint density at radius 1 is 1.07 bits per heavy atom. The highest BCUT2D eigenvalue weighted by Crippen LogP contribution is 2.36. The molecule has 0 aromatic heterocycles. The molecular formula is C23H28F2N2O. The van der Waals surface area contributed by atoms with E-state index in [4.69, 9.17) is 5.73 Å². The zero-order valence-corrected chi connectivity index (χ0v) is 17.1. The number of hydrogen-bond acceptors (Lipinski definition) is 2. The van der Waals surface area contributed by atoms with Crippen molar-refractivity contribution < 1.29 is 13.6 Å². The highest BCUT2D eigenvalue weighted by molar-refractivity contribution is 5.92. The Hall–Kier alpha value is -2.69. The number of benzene rings is 2.